The molecule has 0 spiro atoms. The summed E-state index contributed by atoms with van der Waals surface area (Å²) in [6.07, 6.45) is 3.49. The first-order valence-corrected chi connectivity index (χ1v) is 7.43. The van der Waals surface area contributed by atoms with Crippen LogP contribution in [0.1, 0.15) is 47.0 Å². The third kappa shape index (κ3) is 2.47. The summed E-state index contributed by atoms with van der Waals surface area (Å²) in [7, 11) is 1.79. The molecule has 4 nitrogen and oxygen atoms in total. The Hall–Kier alpha value is -0.770. The molecule has 2 aliphatic rings. The number of hydrogen-bond acceptors (Lipinski definition) is 2. The van der Waals surface area contributed by atoms with Gasteiger partial charge >= 0.3 is 0 Å². The molecule has 1 heterocycles. The first kappa shape index (κ1) is 14.6. The first-order chi connectivity index (χ1) is 8.80. The van der Waals surface area contributed by atoms with Crippen molar-refractivity contribution in [2.75, 3.05) is 20.2 Å². The fraction of sp³-hybridized carbons (Fsp3) is 0.933. The zero-order valence-electron chi connectivity index (χ0n) is 13.1. The van der Waals surface area contributed by atoms with Gasteiger partial charge in [-0.25, -0.2) is 4.99 Å². The van der Waals surface area contributed by atoms with Crippen LogP contribution in [0.25, 0.3) is 0 Å². The van der Waals surface area contributed by atoms with Gasteiger partial charge in [-0.3, -0.25) is 0 Å². The van der Waals surface area contributed by atoms with Crippen LogP contribution in [0.4, 0.5) is 0 Å². The highest BCUT2D eigenvalue weighted by Crippen LogP contribution is 2.53. The summed E-state index contributed by atoms with van der Waals surface area (Å²) in [6, 6.07) is 0.273. The van der Waals surface area contributed by atoms with E-state index in [0.29, 0.717) is 0 Å². The minimum atomic E-state index is -0.0728. The average Bonchev–Trinajstić information content (AvgIpc) is 2.37. The number of aliphatic imine (C=N–C) groups is 1. The number of methoxy groups -OCH3 is 1. The molecular weight excluding hydrogens is 238 g/mol. The van der Waals surface area contributed by atoms with E-state index >= 15 is 0 Å². The van der Waals surface area contributed by atoms with Gasteiger partial charge < -0.3 is 15.4 Å². The molecule has 1 aliphatic carbocycles. The molecule has 2 fully saturated rings. The number of piperidine rings is 1. The fourth-order valence-electron chi connectivity index (χ4n) is 3.30. The van der Waals surface area contributed by atoms with Gasteiger partial charge in [-0.05, 0) is 32.1 Å². The van der Waals surface area contributed by atoms with Gasteiger partial charge in [-0.15, -0.1) is 0 Å². The molecule has 4 heteroatoms. The van der Waals surface area contributed by atoms with E-state index in [1.807, 2.05) is 0 Å². The third-order valence-corrected chi connectivity index (χ3v) is 5.50. The Bertz CT molecular complexity index is 366. The van der Waals surface area contributed by atoms with Gasteiger partial charge in [0.1, 0.15) is 0 Å². The second-order valence-corrected chi connectivity index (χ2v) is 7.06. The monoisotopic (exact) mass is 267 g/mol. The number of ether oxygens (including phenoxy) is 1. The number of rotatable bonds is 2. The lowest BCUT2D eigenvalue weighted by Gasteiger charge is -2.57. The minimum Gasteiger partial charge on any atom is -0.378 e. The second kappa shape index (κ2) is 4.97. The minimum absolute atomic E-state index is 0.0494. The highest BCUT2D eigenvalue weighted by molar-refractivity contribution is 5.78. The Morgan fingerprint density at radius 2 is 2.05 bits per heavy atom. The predicted octanol–water partition coefficient (Wildman–Crippen LogP) is 2.24. The van der Waals surface area contributed by atoms with Crippen LogP contribution in [0.5, 0.6) is 0 Å². The molecule has 1 saturated heterocycles. The summed E-state index contributed by atoms with van der Waals surface area (Å²) in [5.74, 6) is 1.45. The Balaban J connectivity index is 2.02. The molecule has 1 aliphatic heterocycles. The summed E-state index contributed by atoms with van der Waals surface area (Å²) in [4.78, 5) is 7.02. The number of nitrogens with two attached hydrogens (primary N) is 1. The highest BCUT2D eigenvalue weighted by Gasteiger charge is 2.58. The van der Waals surface area contributed by atoms with Crippen molar-refractivity contribution in [3.63, 3.8) is 0 Å². The van der Waals surface area contributed by atoms with Gasteiger partial charge in [-0.1, -0.05) is 20.8 Å². The van der Waals surface area contributed by atoms with Crippen molar-refractivity contribution in [3.05, 3.63) is 0 Å². The fourth-order valence-corrected chi connectivity index (χ4v) is 3.30. The van der Waals surface area contributed by atoms with Crippen molar-refractivity contribution in [2.45, 2.75) is 58.6 Å². The summed E-state index contributed by atoms with van der Waals surface area (Å²) >= 11 is 0. The first-order valence-electron chi connectivity index (χ1n) is 7.43. The summed E-state index contributed by atoms with van der Waals surface area (Å²) in [5, 5.41) is 0. The zero-order chi connectivity index (χ0) is 14.3. The van der Waals surface area contributed by atoms with Gasteiger partial charge in [-0.2, -0.15) is 0 Å². The number of hydrogen-bond donors (Lipinski definition) is 1. The molecule has 0 aromatic rings. The van der Waals surface area contributed by atoms with Crippen LogP contribution in [0.15, 0.2) is 4.99 Å². The second-order valence-electron chi connectivity index (χ2n) is 7.06. The molecule has 0 aromatic carbocycles. The van der Waals surface area contributed by atoms with Crippen LogP contribution >= 0.6 is 0 Å². The maximum absolute atomic E-state index is 6.21. The largest absolute Gasteiger partial charge is 0.378 e. The van der Waals surface area contributed by atoms with E-state index in [1.54, 1.807) is 7.11 Å². The van der Waals surface area contributed by atoms with Crippen molar-refractivity contribution in [3.8, 4) is 0 Å². The van der Waals surface area contributed by atoms with Crippen LogP contribution in [0.3, 0.4) is 0 Å². The Kier molecular flexibility index (Phi) is 3.83. The lowest BCUT2D eigenvalue weighted by molar-refractivity contribution is -0.171. The molecular formula is C15H29N3O. The molecule has 3 unspecified atom stereocenters. The molecule has 0 bridgehead atoms. The quantitative estimate of drug-likeness (QED) is 0.616. The number of likely N-dealkylation sites (tertiary alicyclic amines) is 1. The Labute approximate surface area is 117 Å². The van der Waals surface area contributed by atoms with Crippen LogP contribution in [-0.2, 0) is 4.74 Å². The molecule has 3 atom stereocenters. The maximum atomic E-state index is 6.21. The molecule has 0 amide bonds. The molecule has 1 saturated carbocycles. The summed E-state index contributed by atoms with van der Waals surface area (Å²) in [6.45, 7) is 11.0. The molecule has 19 heavy (non-hydrogen) atoms. The van der Waals surface area contributed by atoms with Gasteiger partial charge in [0.05, 0.1) is 11.6 Å². The van der Waals surface area contributed by atoms with Crippen LogP contribution in [0, 0.1) is 11.3 Å². The lowest BCUT2D eigenvalue weighted by atomic mass is 9.56. The van der Waals surface area contributed by atoms with Gasteiger partial charge in [0.25, 0.3) is 0 Å². The van der Waals surface area contributed by atoms with Crippen LogP contribution in [0.2, 0.25) is 0 Å². The van der Waals surface area contributed by atoms with Crippen molar-refractivity contribution in [2.24, 2.45) is 22.1 Å². The maximum Gasteiger partial charge on any atom is 0.191 e. The van der Waals surface area contributed by atoms with Crippen molar-refractivity contribution in [1.82, 2.24) is 4.90 Å². The molecule has 0 radical (unpaired) electrons. The van der Waals surface area contributed by atoms with Crippen LogP contribution < -0.4 is 5.73 Å². The van der Waals surface area contributed by atoms with E-state index in [2.05, 4.69) is 32.6 Å². The van der Waals surface area contributed by atoms with E-state index in [9.17, 15) is 0 Å². The summed E-state index contributed by atoms with van der Waals surface area (Å²) in [5.41, 5.74) is 6.18. The number of nitrogens with zero attached hydrogens (tertiary/aromatic N) is 2. The van der Waals surface area contributed by atoms with E-state index in [-0.39, 0.29) is 17.1 Å². The third-order valence-electron chi connectivity index (χ3n) is 5.50. The van der Waals surface area contributed by atoms with Crippen molar-refractivity contribution in [1.29, 1.82) is 0 Å². The zero-order valence-corrected chi connectivity index (χ0v) is 13.1. The topological polar surface area (TPSA) is 50.9 Å². The Morgan fingerprint density at radius 1 is 1.37 bits per heavy atom. The highest BCUT2D eigenvalue weighted by atomic mass is 16.5. The molecule has 0 aromatic heterocycles. The molecule has 110 valence electrons. The van der Waals surface area contributed by atoms with Gasteiger partial charge in [0.2, 0.25) is 0 Å². The van der Waals surface area contributed by atoms with E-state index in [0.717, 1.165) is 31.4 Å². The van der Waals surface area contributed by atoms with E-state index in [4.69, 9.17) is 15.5 Å². The van der Waals surface area contributed by atoms with E-state index in [1.165, 1.54) is 12.8 Å². The standard InChI is InChI=1S/C15H29N3O/c1-11-7-6-8-18(10-11)13(16)17-12-9-15(4,19-5)14(12,2)3/h11-12H,6-10H2,1-5H3,(H2,16,17). The lowest BCUT2D eigenvalue weighted by Crippen LogP contribution is -2.63. The van der Waals surface area contributed by atoms with Crippen molar-refractivity contribution < 1.29 is 4.74 Å². The van der Waals surface area contributed by atoms with Crippen molar-refractivity contribution >= 4 is 5.96 Å². The predicted molar refractivity (Wildman–Crippen MR) is 79.2 cm³/mol. The SMILES string of the molecule is COC1(C)CC(N=C(N)N2CCCC(C)C2)C1(C)C. The molecule has 2 rings (SSSR count). The number of guanidine groups is 1. The van der Waals surface area contributed by atoms with E-state index < -0.39 is 0 Å². The average molecular weight is 267 g/mol. The smallest absolute Gasteiger partial charge is 0.191 e. The summed E-state index contributed by atoms with van der Waals surface area (Å²) < 4.78 is 5.64. The van der Waals surface area contributed by atoms with Gasteiger partial charge in [0, 0.05) is 25.6 Å². The Morgan fingerprint density at radius 3 is 2.58 bits per heavy atom. The van der Waals surface area contributed by atoms with Crippen LogP contribution in [-0.4, -0.2) is 42.7 Å². The molecule has 2 N–H and O–H groups in total. The normalized spacial score (nSPS) is 39.0. The van der Waals surface area contributed by atoms with Gasteiger partial charge in [0.15, 0.2) is 5.96 Å².